The Hall–Kier alpha value is -2.46. The van der Waals surface area contributed by atoms with Gasteiger partial charge in [0, 0.05) is 36.6 Å². The normalized spacial score (nSPS) is 18.0. The molecule has 1 aliphatic heterocycles. The maximum absolute atomic E-state index is 13.3. The first kappa shape index (κ1) is 21.3. The molecule has 1 unspecified atom stereocenters. The summed E-state index contributed by atoms with van der Waals surface area (Å²) in [6.07, 6.45) is -2.77. The summed E-state index contributed by atoms with van der Waals surface area (Å²) in [5.41, 5.74) is -2.11. The summed E-state index contributed by atoms with van der Waals surface area (Å²) in [6, 6.07) is 5.64. The van der Waals surface area contributed by atoms with E-state index in [1.54, 1.807) is 22.9 Å². The Bertz CT molecular complexity index is 870. The molecule has 6 nitrogen and oxygen atoms in total. The van der Waals surface area contributed by atoms with Gasteiger partial charge in [-0.25, -0.2) is 9.37 Å². The van der Waals surface area contributed by atoms with E-state index in [9.17, 15) is 32.6 Å². The minimum absolute atomic E-state index is 0.0405. The van der Waals surface area contributed by atoms with E-state index in [4.69, 9.17) is 0 Å². The van der Waals surface area contributed by atoms with E-state index in [1.165, 1.54) is 12.1 Å². The highest BCUT2D eigenvalue weighted by atomic mass is 19.4. The molecule has 0 bridgehead atoms. The highest BCUT2D eigenvalue weighted by Gasteiger charge is 2.57. The van der Waals surface area contributed by atoms with Gasteiger partial charge in [0.05, 0.1) is 0 Å². The smallest absolute Gasteiger partial charge is 0.388 e. The van der Waals surface area contributed by atoms with Crippen LogP contribution in [0.2, 0.25) is 0 Å². The van der Waals surface area contributed by atoms with E-state index in [2.05, 4.69) is 4.98 Å². The lowest BCUT2D eigenvalue weighted by Crippen LogP contribution is -2.57. The molecular weight excluding hydrogens is 394 g/mol. The van der Waals surface area contributed by atoms with Gasteiger partial charge in [0.15, 0.2) is 0 Å². The van der Waals surface area contributed by atoms with Crippen LogP contribution in [0.1, 0.15) is 37.2 Å². The van der Waals surface area contributed by atoms with Crippen molar-refractivity contribution in [1.29, 1.82) is 0 Å². The lowest BCUT2D eigenvalue weighted by atomic mass is 9.92. The average Bonchev–Trinajstić information content (AvgIpc) is 3.11. The molecule has 2 aromatic rings. The van der Waals surface area contributed by atoms with Crippen LogP contribution in [0.4, 0.5) is 17.6 Å². The molecule has 1 aromatic carbocycles. The fourth-order valence-electron chi connectivity index (χ4n) is 3.50. The molecule has 1 aromatic heterocycles. The third-order valence-corrected chi connectivity index (χ3v) is 5.26. The molecule has 1 saturated heterocycles. The molecule has 2 heterocycles. The lowest BCUT2D eigenvalue weighted by molar-refractivity contribution is -0.250. The SMILES string of the molecule is CC(O)(C(=O)N1CCC(c2cnc(CO)n2-c2ccc(F)cc2)CC1)C(F)(F)F. The third kappa shape index (κ3) is 3.99. The Kier molecular flexibility index (Phi) is 5.68. The van der Waals surface area contributed by atoms with Gasteiger partial charge in [0.25, 0.3) is 5.91 Å². The van der Waals surface area contributed by atoms with E-state index >= 15 is 0 Å². The number of alkyl halides is 3. The molecule has 1 atom stereocenters. The fourth-order valence-corrected chi connectivity index (χ4v) is 3.50. The molecule has 0 aliphatic carbocycles. The molecule has 2 N–H and O–H groups in total. The number of halogens is 4. The molecule has 1 amide bonds. The van der Waals surface area contributed by atoms with Crippen LogP contribution in [0.3, 0.4) is 0 Å². The van der Waals surface area contributed by atoms with Gasteiger partial charge in [-0.1, -0.05) is 0 Å². The second-order valence-corrected chi connectivity index (χ2v) is 7.21. The van der Waals surface area contributed by atoms with Crippen LogP contribution in [-0.2, 0) is 11.4 Å². The fraction of sp³-hybridized carbons (Fsp3) is 0.474. The van der Waals surface area contributed by atoms with Gasteiger partial charge in [0.1, 0.15) is 18.2 Å². The van der Waals surface area contributed by atoms with Crippen molar-refractivity contribution in [3.8, 4) is 5.69 Å². The number of imidazole rings is 1. The summed E-state index contributed by atoms with van der Waals surface area (Å²) >= 11 is 0. The number of hydrogen-bond donors (Lipinski definition) is 2. The lowest BCUT2D eigenvalue weighted by Gasteiger charge is -2.37. The number of hydrogen-bond acceptors (Lipinski definition) is 4. The number of nitrogens with zero attached hydrogens (tertiary/aromatic N) is 3. The zero-order valence-corrected chi connectivity index (χ0v) is 15.7. The predicted octanol–water partition coefficient (Wildman–Crippen LogP) is 2.52. The highest BCUT2D eigenvalue weighted by molar-refractivity contribution is 5.85. The molecular formula is C19H21F4N3O3. The summed E-state index contributed by atoms with van der Waals surface area (Å²) in [5.74, 6) is -1.56. The van der Waals surface area contributed by atoms with Crippen LogP contribution in [-0.4, -0.2) is 55.4 Å². The maximum atomic E-state index is 13.3. The van der Waals surface area contributed by atoms with Crippen LogP contribution < -0.4 is 0 Å². The van der Waals surface area contributed by atoms with Crippen molar-refractivity contribution >= 4 is 5.91 Å². The molecule has 0 radical (unpaired) electrons. The summed E-state index contributed by atoms with van der Waals surface area (Å²) in [4.78, 5) is 17.3. The van der Waals surface area contributed by atoms with E-state index in [-0.39, 0.29) is 25.6 Å². The zero-order chi connectivity index (χ0) is 21.4. The number of carbonyl (C=O) groups excluding carboxylic acids is 1. The number of rotatable bonds is 4. The van der Waals surface area contributed by atoms with E-state index in [1.807, 2.05) is 0 Å². The highest BCUT2D eigenvalue weighted by Crippen LogP contribution is 2.35. The van der Waals surface area contributed by atoms with Crippen molar-refractivity contribution in [1.82, 2.24) is 14.5 Å². The quantitative estimate of drug-likeness (QED) is 0.753. The monoisotopic (exact) mass is 415 g/mol. The molecule has 29 heavy (non-hydrogen) atoms. The number of aliphatic hydroxyl groups is 2. The first-order chi connectivity index (χ1) is 13.6. The Morgan fingerprint density at radius 1 is 1.21 bits per heavy atom. The molecule has 158 valence electrons. The summed E-state index contributed by atoms with van der Waals surface area (Å²) in [6.45, 7) is 0.194. The number of benzene rings is 1. The summed E-state index contributed by atoms with van der Waals surface area (Å²) < 4.78 is 53.7. The number of carbonyl (C=O) groups is 1. The average molecular weight is 415 g/mol. The van der Waals surface area contributed by atoms with Gasteiger partial charge in [0.2, 0.25) is 5.60 Å². The second kappa shape index (κ2) is 7.75. The Morgan fingerprint density at radius 3 is 2.31 bits per heavy atom. The third-order valence-electron chi connectivity index (χ3n) is 5.26. The topological polar surface area (TPSA) is 78.6 Å². The molecule has 0 saturated carbocycles. The largest absolute Gasteiger partial charge is 0.426 e. The molecule has 10 heteroatoms. The van der Waals surface area contributed by atoms with Crippen molar-refractivity contribution in [3.63, 3.8) is 0 Å². The Balaban J connectivity index is 1.79. The number of likely N-dealkylation sites (tertiary alicyclic amines) is 1. The summed E-state index contributed by atoms with van der Waals surface area (Å²) in [7, 11) is 0. The summed E-state index contributed by atoms with van der Waals surface area (Å²) in [5, 5.41) is 19.2. The van der Waals surface area contributed by atoms with Gasteiger partial charge in [-0.15, -0.1) is 0 Å². The van der Waals surface area contributed by atoms with Gasteiger partial charge in [-0.05, 0) is 44.0 Å². The molecule has 3 rings (SSSR count). The minimum atomic E-state index is -5.06. The minimum Gasteiger partial charge on any atom is -0.388 e. The number of aliphatic hydroxyl groups excluding tert-OH is 1. The van der Waals surface area contributed by atoms with Crippen LogP contribution in [0.25, 0.3) is 5.69 Å². The van der Waals surface area contributed by atoms with Crippen molar-refractivity contribution < 1.29 is 32.6 Å². The van der Waals surface area contributed by atoms with E-state index < -0.39 is 23.5 Å². The van der Waals surface area contributed by atoms with Crippen LogP contribution in [0.15, 0.2) is 30.5 Å². The van der Waals surface area contributed by atoms with Gasteiger partial charge in [-0.2, -0.15) is 13.2 Å². The Labute approximate surface area is 164 Å². The predicted molar refractivity (Wildman–Crippen MR) is 94.7 cm³/mol. The number of piperidine rings is 1. The van der Waals surface area contributed by atoms with E-state index in [0.717, 1.165) is 10.6 Å². The van der Waals surface area contributed by atoms with Gasteiger partial charge in [-0.3, -0.25) is 9.36 Å². The van der Waals surface area contributed by atoms with Crippen molar-refractivity contribution in [2.75, 3.05) is 13.1 Å². The van der Waals surface area contributed by atoms with Crippen molar-refractivity contribution in [2.24, 2.45) is 0 Å². The first-order valence-electron chi connectivity index (χ1n) is 9.08. The first-order valence-corrected chi connectivity index (χ1v) is 9.08. The molecule has 0 spiro atoms. The van der Waals surface area contributed by atoms with Crippen molar-refractivity contribution in [2.45, 2.75) is 44.1 Å². The Morgan fingerprint density at radius 2 is 1.79 bits per heavy atom. The zero-order valence-electron chi connectivity index (χ0n) is 15.7. The van der Waals surface area contributed by atoms with Gasteiger partial charge < -0.3 is 15.1 Å². The second-order valence-electron chi connectivity index (χ2n) is 7.21. The van der Waals surface area contributed by atoms with Gasteiger partial charge >= 0.3 is 6.18 Å². The molecule has 1 fully saturated rings. The number of aromatic nitrogens is 2. The van der Waals surface area contributed by atoms with E-state index in [0.29, 0.717) is 31.3 Å². The maximum Gasteiger partial charge on any atom is 0.426 e. The van der Waals surface area contributed by atoms with Crippen molar-refractivity contribution in [3.05, 3.63) is 47.8 Å². The van der Waals surface area contributed by atoms with Crippen LogP contribution in [0.5, 0.6) is 0 Å². The standard InChI is InChI=1S/C19H21F4N3O3/c1-18(29,19(21,22)23)17(28)25-8-6-12(7-9-25)15-10-24-16(11-27)26(15)14-4-2-13(20)3-5-14/h2-5,10,12,27,29H,6-9,11H2,1H3. The van der Waals surface area contributed by atoms with Crippen LogP contribution >= 0.6 is 0 Å². The van der Waals surface area contributed by atoms with Crippen LogP contribution in [0, 0.1) is 5.82 Å². The molecule has 1 aliphatic rings. The number of amides is 1.